The number of likely N-dealkylation sites (tertiary alicyclic amines) is 1. The summed E-state index contributed by atoms with van der Waals surface area (Å²) in [4.78, 5) is 39.3. The number of nitrogens with one attached hydrogen (secondary N) is 2. The Kier molecular flexibility index (Phi) is 5.67. The zero-order valence-corrected chi connectivity index (χ0v) is 17.4. The lowest BCUT2D eigenvalue weighted by atomic mass is 10.1. The van der Waals surface area contributed by atoms with Crippen LogP contribution in [0.5, 0.6) is 0 Å². The minimum Gasteiger partial charge on any atom is -0.352 e. The van der Waals surface area contributed by atoms with Crippen molar-refractivity contribution in [3.05, 3.63) is 64.1 Å². The lowest BCUT2D eigenvalue weighted by Gasteiger charge is -2.24. The van der Waals surface area contributed by atoms with Gasteiger partial charge >= 0.3 is 0 Å². The van der Waals surface area contributed by atoms with Gasteiger partial charge in [0.2, 0.25) is 5.91 Å². The first-order valence-corrected chi connectivity index (χ1v) is 10.6. The standard InChI is InChI=1S/C22H22BrN3O3/c23-16-7-3-14(4-8-16)20(27)24-17-9-5-15(6-10-17)22(29)26-13-1-2-19(26)21(28)25-18-11-12-18/h3-10,18-19H,1-2,11-13H2,(H,24,27)(H,25,28). The van der Waals surface area contributed by atoms with Gasteiger partial charge in [-0.25, -0.2) is 0 Å². The van der Waals surface area contributed by atoms with E-state index in [2.05, 4.69) is 26.6 Å². The fourth-order valence-corrected chi connectivity index (χ4v) is 3.74. The van der Waals surface area contributed by atoms with Gasteiger partial charge in [0.1, 0.15) is 6.04 Å². The van der Waals surface area contributed by atoms with E-state index in [0.29, 0.717) is 29.8 Å². The van der Waals surface area contributed by atoms with Crippen LogP contribution in [0.1, 0.15) is 46.4 Å². The number of nitrogens with zero attached hydrogens (tertiary/aromatic N) is 1. The molecule has 0 aromatic heterocycles. The number of hydrogen-bond acceptors (Lipinski definition) is 3. The van der Waals surface area contributed by atoms with Gasteiger partial charge < -0.3 is 15.5 Å². The van der Waals surface area contributed by atoms with Crippen LogP contribution in [0.4, 0.5) is 5.69 Å². The molecule has 1 aliphatic heterocycles. The summed E-state index contributed by atoms with van der Waals surface area (Å²) >= 11 is 3.35. The van der Waals surface area contributed by atoms with E-state index in [0.717, 1.165) is 23.7 Å². The highest BCUT2D eigenvalue weighted by atomic mass is 79.9. The van der Waals surface area contributed by atoms with E-state index in [4.69, 9.17) is 0 Å². The van der Waals surface area contributed by atoms with Gasteiger partial charge in [-0.1, -0.05) is 15.9 Å². The van der Waals surface area contributed by atoms with Crippen molar-refractivity contribution >= 4 is 39.3 Å². The molecule has 2 N–H and O–H groups in total. The molecule has 0 radical (unpaired) electrons. The maximum absolute atomic E-state index is 12.9. The molecule has 2 aromatic carbocycles. The Balaban J connectivity index is 1.40. The number of amides is 3. The van der Waals surface area contributed by atoms with Crippen molar-refractivity contribution in [2.75, 3.05) is 11.9 Å². The molecule has 2 fully saturated rings. The summed E-state index contributed by atoms with van der Waals surface area (Å²) in [5, 5.41) is 5.82. The molecule has 4 rings (SSSR count). The average Bonchev–Trinajstić information content (AvgIpc) is 3.39. The lowest BCUT2D eigenvalue weighted by Crippen LogP contribution is -2.46. The van der Waals surface area contributed by atoms with Gasteiger partial charge in [-0.3, -0.25) is 14.4 Å². The van der Waals surface area contributed by atoms with Crippen molar-refractivity contribution in [3.63, 3.8) is 0 Å². The smallest absolute Gasteiger partial charge is 0.255 e. The first-order chi connectivity index (χ1) is 14.0. The number of rotatable bonds is 5. The molecule has 1 heterocycles. The van der Waals surface area contributed by atoms with Crippen LogP contribution in [0.2, 0.25) is 0 Å². The Hall–Kier alpha value is -2.67. The fourth-order valence-electron chi connectivity index (χ4n) is 3.47. The lowest BCUT2D eigenvalue weighted by molar-refractivity contribution is -0.125. The van der Waals surface area contributed by atoms with E-state index in [1.807, 2.05) is 12.1 Å². The van der Waals surface area contributed by atoms with E-state index in [1.165, 1.54) is 0 Å². The van der Waals surface area contributed by atoms with Gasteiger partial charge in [-0.2, -0.15) is 0 Å². The highest BCUT2D eigenvalue weighted by molar-refractivity contribution is 9.10. The minimum atomic E-state index is -0.389. The maximum atomic E-state index is 12.9. The number of benzene rings is 2. The molecular weight excluding hydrogens is 434 g/mol. The summed E-state index contributed by atoms with van der Waals surface area (Å²) in [6, 6.07) is 13.8. The molecule has 29 heavy (non-hydrogen) atoms. The van der Waals surface area contributed by atoms with Crippen LogP contribution < -0.4 is 10.6 Å². The summed E-state index contributed by atoms with van der Waals surface area (Å²) in [6.45, 7) is 0.587. The highest BCUT2D eigenvalue weighted by Gasteiger charge is 2.36. The SMILES string of the molecule is O=C(Nc1ccc(C(=O)N2CCCC2C(=O)NC2CC2)cc1)c1ccc(Br)cc1. The summed E-state index contributed by atoms with van der Waals surface area (Å²) in [7, 11) is 0. The number of anilines is 1. The maximum Gasteiger partial charge on any atom is 0.255 e. The van der Waals surface area contributed by atoms with Gasteiger partial charge in [0, 0.05) is 33.9 Å². The molecule has 1 unspecified atom stereocenters. The summed E-state index contributed by atoms with van der Waals surface area (Å²) in [5.41, 5.74) is 1.67. The Morgan fingerprint density at radius 3 is 2.21 bits per heavy atom. The second-order valence-corrected chi connectivity index (χ2v) is 8.39. The summed E-state index contributed by atoms with van der Waals surface area (Å²) < 4.78 is 0.906. The molecule has 1 saturated heterocycles. The average molecular weight is 456 g/mol. The predicted octanol–water partition coefficient (Wildman–Crippen LogP) is 3.58. The first-order valence-electron chi connectivity index (χ1n) is 9.79. The van der Waals surface area contributed by atoms with Crippen molar-refractivity contribution in [1.82, 2.24) is 10.2 Å². The molecule has 6 nitrogen and oxygen atoms in total. The number of halogens is 1. The molecule has 0 spiro atoms. The minimum absolute atomic E-state index is 0.0447. The Morgan fingerprint density at radius 2 is 1.55 bits per heavy atom. The van der Waals surface area contributed by atoms with Crippen molar-refractivity contribution in [2.24, 2.45) is 0 Å². The van der Waals surface area contributed by atoms with Crippen LogP contribution in [-0.2, 0) is 4.79 Å². The topological polar surface area (TPSA) is 78.5 Å². The molecular formula is C22H22BrN3O3. The first kappa shape index (κ1) is 19.6. The van der Waals surface area contributed by atoms with Gasteiger partial charge in [0.15, 0.2) is 0 Å². The fraction of sp³-hybridized carbons (Fsp3) is 0.318. The third-order valence-corrected chi connectivity index (χ3v) is 5.76. The van der Waals surface area contributed by atoms with Crippen molar-refractivity contribution in [3.8, 4) is 0 Å². The van der Waals surface area contributed by atoms with Crippen LogP contribution in [0.3, 0.4) is 0 Å². The number of hydrogen-bond donors (Lipinski definition) is 2. The quantitative estimate of drug-likeness (QED) is 0.722. The van der Waals surface area contributed by atoms with E-state index in [-0.39, 0.29) is 29.8 Å². The van der Waals surface area contributed by atoms with E-state index < -0.39 is 0 Å². The molecule has 7 heteroatoms. The molecule has 150 valence electrons. The Morgan fingerprint density at radius 1 is 0.897 bits per heavy atom. The molecule has 1 saturated carbocycles. The van der Waals surface area contributed by atoms with Gasteiger partial charge in [0.05, 0.1) is 0 Å². The number of carbonyl (C=O) groups is 3. The molecule has 2 aliphatic rings. The van der Waals surface area contributed by atoms with Crippen LogP contribution in [0.25, 0.3) is 0 Å². The van der Waals surface area contributed by atoms with Gasteiger partial charge in [-0.15, -0.1) is 0 Å². The van der Waals surface area contributed by atoms with Crippen LogP contribution in [-0.4, -0.2) is 41.2 Å². The van der Waals surface area contributed by atoms with Crippen molar-refractivity contribution in [2.45, 2.75) is 37.8 Å². The van der Waals surface area contributed by atoms with Crippen LogP contribution in [0.15, 0.2) is 53.0 Å². The van der Waals surface area contributed by atoms with E-state index >= 15 is 0 Å². The molecule has 1 atom stereocenters. The van der Waals surface area contributed by atoms with Crippen LogP contribution in [0, 0.1) is 0 Å². The largest absolute Gasteiger partial charge is 0.352 e. The summed E-state index contributed by atoms with van der Waals surface area (Å²) in [5.74, 6) is -0.408. The van der Waals surface area contributed by atoms with E-state index in [9.17, 15) is 14.4 Å². The molecule has 1 aliphatic carbocycles. The van der Waals surface area contributed by atoms with Crippen molar-refractivity contribution < 1.29 is 14.4 Å². The van der Waals surface area contributed by atoms with E-state index in [1.54, 1.807) is 41.3 Å². The van der Waals surface area contributed by atoms with Crippen LogP contribution >= 0.6 is 15.9 Å². The summed E-state index contributed by atoms with van der Waals surface area (Å²) in [6.07, 6.45) is 3.58. The zero-order valence-electron chi connectivity index (χ0n) is 15.9. The third-order valence-electron chi connectivity index (χ3n) is 5.24. The molecule has 3 amide bonds. The zero-order chi connectivity index (χ0) is 20.4. The second kappa shape index (κ2) is 8.37. The van der Waals surface area contributed by atoms with Gasteiger partial charge in [0.25, 0.3) is 11.8 Å². The van der Waals surface area contributed by atoms with Crippen molar-refractivity contribution in [1.29, 1.82) is 0 Å². The Bertz CT molecular complexity index is 923. The predicted molar refractivity (Wildman–Crippen MR) is 114 cm³/mol. The molecule has 0 bridgehead atoms. The van der Waals surface area contributed by atoms with Gasteiger partial charge in [-0.05, 0) is 74.2 Å². The third kappa shape index (κ3) is 4.67. The second-order valence-electron chi connectivity index (χ2n) is 7.48. The normalized spacial score (nSPS) is 18.4. The number of carbonyl (C=O) groups excluding carboxylic acids is 3. The molecule has 2 aromatic rings. The Labute approximate surface area is 177 Å². The highest BCUT2D eigenvalue weighted by Crippen LogP contribution is 2.24. The monoisotopic (exact) mass is 455 g/mol.